The number of nitrogens with one attached hydrogen (secondary N) is 1. The maximum atomic E-state index is 4.61. The summed E-state index contributed by atoms with van der Waals surface area (Å²) < 4.78 is 0. The maximum Gasteiger partial charge on any atom is 0.144 e. The number of hydrogen-bond acceptors (Lipinski definition) is 4. The molecule has 4 heteroatoms. The van der Waals surface area contributed by atoms with Crippen molar-refractivity contribution in [2.24, 2.45) is 5.41 Å². The van der Waals surface area contributed by atoms with Gasteiger partial charge >= 0.3 is 0 Å². The molecule has 2 rings (SSSR count). The molecule has 0 spiro atoms. The van der Waals surface area contributed by atoms with E-state index in [1.165, 1.54) is 19.3 Å². The van der Waals surface area contributed by atoms with Gasteiger partial charge in [-0.05, 0) is 45.2 Å². The van der Waals surface area contributed by atoms with Crippen LogP contribution in [0.15, 0.2) is 6.07 Å². The van der Waals surface area contributed by atoms with Gasteiger partial charge in [-0.2, -0.15) is 0 Å². The van der Waals surface area contributed by atoms with Crippen molar-refractivity contribution in [2.45, 2.75) is 53.5 Å². The van der Waals surface area contributed by atoms with Gasteiger partial charge in [0, 0.05) is 18.3 Å². The summed E-state index contributed by atoms with van der Waals surface area (Å²) in [4.78, 5) is 11.7. The van der Waals surface area contributed by atoms with Gasteiger partial charge in [0.2, 0.25) is 0 Å². The topological polar surface area (TPSA) is 41.1 Å². The molecular weight excluding hydrogens is 248 g/mol. The standard InChI is InChI=1S/C16H28N4/c1-5-16(4)7-9-20(10-8-16)12-15-18-13(3)11-14(19-15)17-6-2/h11H,5-10,12H2,1-4H3,(H,17,18,19). The van der Waals surface area contributed by atoms with Crippen molar-refractivity contribution in [1.29, 1.82) is 0 Å². The fourth-order valence-corrected chi connectivity index (χ4v) is 2.78. The minimum atomic E-state index is 0.541. The third-order valence-electron chi connectivity index (χ3n) is 4.54. The highest BCUT2D eigenvalue weighted by molar-refractivity contribution is 5.35. The molecule has 1 aromatic heterocycles. The Morgan fingerprint density at radius 3 is 2.55 bits per heavy atom. The smallest absolute Gasteiger partial charge is 0.144 e. The zero-order chi connectivity index (χ0) is 14.6. The van der Waals surface area contributed by atoms with E-state index in [1.54, 1.807) is 0 Å². The number of likely N-dealkylation sites (tertiary alicyclic amines) is 1. The van der Waals surface area contributed by atoms with Gasteiger partial charge in [0.1, 0.15) is 11.6 Å². The van der Waals surface area contributed by atoms with Crippen LogP contribution in [-0.4, -0.2) is 34.5 Å². The minimum absolute atomic E-state index is 0.541. The molecule has 20 heavy (non-hydrogen) atoms. The van der Waals surface area contributed by atoms with Crippen molar-refractivity contribution in [1.82, 2.24) is 14.9 Å². The van der Waals surface area contributed by atoms with Gasteiger partial charge in [0.25, 0.3) is 0 Å². The Kier molecular flexibility index (Phi) is 4.97. The lowest BCUT2D eigenvalue weighted by molar-refractivity contribution is 0.107. The van der Waals surface area contributed by atoms with Crippen molar-refractivity contribution >= 4 is 5.82 Å². The highest BCUT2D eigenvalue weighted by atomic mass is 15.2. The first kappa shape index (κ1) is 15.2. The molecule has 112 valence electrons. The Morgan fingerprint density at radius 2 is 1.95 bits per heavy atom. The van der Waals surface area contributed by atoms with E-state index in [-0.39, 0.29) is 0 Å². The predicted octanol–water partition coefficient (Wildman–Crippen LogP) is 3.23. The van der Waals surface area contributed by atoms with Crippen LogP contribution in [0.25, 0.3) is 0 Å². The summed E-state index contributed by atoms with van der Waals surface area (Å²) >= 11 is 0. The van der Waals surface area contributed by atoms with Crippen LogP contribution < -0.4 is 5.32 Å². The van der Waals surface area contributed by atoms with Crippen LogP contribution in [0.3, 0.4) is 0 Å². The number of hydrogen-bond donors (Lipinski definition) is 1. The summed E-state index contributed by atoms with van der Waals surface area (Å²) in [7, 11) is 0. The number of piperidine rings is 1. The summed E-state index contributed by atoms with van der Waals surface area (Å²) in [6.45, 7) is 13.0. The predicted molar refractivity (Wildman–Crippen MR) is 83.8 cm³/mol. The molecular formula is C16H28N4. The summed E-state index contributed by atoms with van der Waals surface area (Å²) in [5.41, 5.74) is 1.58. The molecule has 0 bridgehead atoms. The second-order valence-corrected chi connectivity index (χ2v) is 6.28. The third-order valence-corrected chi connectivity index (χ3v) is 4.54. The molecule has 2 heterocycles. The molecule has 0 unspecified atom stereocenters. The Morgan fingerprint density at radius 1 is 1.25 bits per heavy atom. The zero-order valence-corrected chi connectivity index (χ0v) is 13.4. The molecule has 4 nitrogen and oxygen atoms in total. The fraction of sp³-hybridized carbons (Fsp3) is 0.750. The molecule has 0 amide bonds. The van der Waals surface area contributed by atoms with Crippen LogP contribution in [0.2, 0.25) is 0 Å². The van der Waals surface area contributed by atoms with E-state index in [0.717, 1.165) is 43.5 Å². The van der Waals surface area contributed by atoms with Crippen LogP contribution in [0.4, 0.5) is 5.82 Å². The summed E-state index contributed by atoms with van der Waals surface area (Å²) in [6, 6.07) is 2.01. The van der Waals surface area contributed by atoms with E-state index in [9.17, 15) is 0 Å². The van der Waals surface area contributed by atoms with Gasteiger partial charge in [-0.3, -0.25) is 4.90 Å². The molecule has 0 radical (unpaired) electrons. The van der Waals surface area contributed by atoms with Gasteiger partial charge in [0.05, 0.1) is 6.54 Å². The molecule has 1 fully saturated rings. The average Bonchev–Trinajstić information content (AvgIpc) is 2.41. The minimum Gasteiger partial charge on any atom is -0.370 e. The van der Waals surface area contributed by atoms with Crippen molar-refractivity contribution in [3.8, 4) is 0 Å². The van der Waals surface area contributed by atoms with Crippen LogP contribution in [-0.2, 0) is 6.54 Å². The lowest BCUT2D eigenvalue weighted by Crippen LogP contribution is -2.38. The van der Waals surface area contributed by atoms with E-state index < -0.39 is 0 Å². The lowest BCUT2D eigenvalue weighted by Gasteiger charge is -2.38. The van der Waals surface area contributed by atoms with Crippen LogP contribution in [0.5, 0.6) is 0 Å². The van der Waals surface area contributed by atoms with Crippen molar-refractivity contribution in [3.05, 3.63) is 17.6 Å². The molecule has 0 aromatic carbocycles. The van der Waals surface area contributed by atoms with Crippen LogP contribution >= 0.6 is 0 Å². The first-order valence-electron chi connectivity index (χ1n) is 7.85. The second-order valence-electron chi connectivity index (χ2n) is 6.28. The number of nitrogens with zero attached hydrogens (tertiary/aromatic N) is 3. The highest BCUT2D eigenvalue weighted by Gasteiger charge is 2.28. The molecule has 1 aromatic rings. The Labute approximate surface area is 123 Å². The normalized spacial score (nSPS) is 19.0. The quantitative estimate of drug-likeness (QED) is 0.896. The van der Waals surface area contributed by atoms with Crippen molar-refractivity contribution in [3.63, 3.8) is 0 Å². The molecule has 0 atom stereocenters. The monoisotopic (exact) mass is 276 g/mol. The molecule has 1 aliphatic rings. The number of aromatic nitrogens is 2. The van der Waals surface area contributed by atoms with E-state index >= 15 is 0 Å². The summed E-state index contributed by atoms with van der Waals surface area (Å²) in [5.74, 6) is 1.89. The average molecular weight is 276 g/mol. The summed E-state index contributed by atoms with van der Waals surface area (Å²) in [6.07, 6.45) is 3.86. The van der Waals surface area contributed by atoms with E-state index in [1.807, 2.05) is 13.0 Å². The highest BCUT2D eigenvalue weighted by Crippen LogP contribution is 2.34. The van der Waals surface area contributed by atoms with Gasteiger partial charge in [0.15, 0.2) is 0 Å². The van der Waals surface area contributed by atoms with E-state index in [0.29, 0.717) is 5.41 Å². The Hall–Kier alpha value is -1.16. The number of anilines is 1. The van der Waals surface area contributed by atoms with Crippen molar-refractivity contribution in [2.75, 3.05) is 25.0 Å². The molecule has 1 aliphatic heterocycles. The van der Waals surface area contributed by atoms with E-state index in [4.69, 9.17) is 0 Å². The SMILES string of the molecule is CCNc1cc(C)nc(CN2CCC(C)(CC)CC2)n1. The van der Waals surface area contributed by atoms with Crippen LogP contribution in [0.1, 0.15) is 51.6 Å². The van der Waals surface area contributed by atoms with Gasteiger partial charge in [-0.25, -0.2) is 9.97 Å². The molecule has 1 N–H and O–H groups in total. The number of rotatable bonds is 5. The second kappa shape index (κ2) is 6.53. The van der Waals surface area contributed by atoms with Gasteiger partial charge < -0.3 is 5.32 Å². The fourth-order valence-electron chi connectivity index (χ4n) is 2.78. The lowest BCUT2D eigenvalue weighted by atomic mass is 9.78. The first-order chi connectivity index (χ1) is 9.54. The first-order valence-corrected chi connectivity index (χ1v) is 7.85. The Balaban J connectivity index is 1.97. The van der Waals surface area contributed by atoms with Crippen molar-refractivity contribution < 1.29 is 0 Å². The largest absolute Gasteiger partial charge is 0.370 e. The van der Waals surface area contributed by atoms with Gasteiger partial charge in [-0.15, -0.1) is 0 Å². The van der Waals surface area contributed by atoms with Crippen LogP contribution in [0, 0.1) is 12.3 Å². The maximum absolute atomic E-state index is 4.61. The zero-order valence-electron chi connectivity index (χ0n) is 13.4. The van der Waals surface area contributed by atoms with Gasteiger partial charge in [-0.1, -0.05) is 20.3 Å². The third kappa shape index (κ3) is 3.92. The number of aryl methyl sites for hydroxylation is 1. The van der Waals surface area contributed by atoms with E-state index in [2.05, 4.69) is 41.0 Å². The molecule has 0 aliphatic carbocycles. The molecule has 1 saturated heterocycles. The molecule has 0 saturated carbocycles. The Bertz CT molecular complexity index is 436. The summed E-state index contributed by atoms with van der Waals surface area (Å²) in [5, 5.41) is 3.28.